The molecule has 1 N–H and O–H groups in total. The highest BCUT2D eigenvalue weighted by molar-refractivity contribution is 7.91. The van der Waals surface area contributed by atoms with Crippen LogP contribution in [0.5, 0.6) is 17.4 Å². The van der Waals surface area contributed by atoms with E-state index in [-0.39, 0.29) is 22.9 Å². The Morgan fingerprint density at radius 3 is 2.55 bits per heavy atom. The molecule has 11 heteroatoms. The summed E-state index contributed by atoms with van der Waals surface area (Å²) >= 11 is 0. The van der Waals surface area contributed by atoms with Crippen LogP contribution in [0.4, 0.5) is 8.78 Å². The van der Waals surface area contributed by atoms with Gasteiger partial charge in [0.15, 0.2) is 9.84 Å². The molecule has 3 aromatic carbocycles. The van der Waals surface area contributed by atoms with Gasteiger partial charge in [-0.05, 0) is 67.9 Å². The smallest absolute Gasteiger partial charge is 0.251 e. The predicted octanol–water partition coefficient (Wildman–Crippen LogP) is 4.96. The first-order valence-electron chi connectivity index (χ1n) is 11.9. The monoisotopic (exact) mass is 541 g/mol. The van der Waals surface area contributed by atoms with E-state index in [0.717, 1.165) is 0 Å². The number of aromatic nitrogens is 2. The molecule has 1 saturated heterocycles. The number of hydrogen-bond acceptors (Lipinski definition) is 6. The van der Waals surface area contributed by atoms with Crippen molar-refractivity contribution in [2.75, 3.05) is 11.5 Å². The van der Waals surface area contributed by atoms with E-state index in [1.807, 2.05) is 0 Å². The average molecular weight is 542 g/mol. The van der Waals surface area contributed by atoms with Gasteiger partial charge in [-0.15, -0.1) is 5.10 Å². The summed E-state index contributed by atoms with van der Waals surface area (Å²) in [7, 11) is -3.21. The highest BCUT2D eigenvalue weighted by Gasteiger charge is 2.39. The third kappa shape index (κ3) is 5.47. The van der Waals surface area contributed by atoms with Gasteiger partial charge < -0.3 is 14.8 Å². The van der Waals surface area contributed by atoms with Crippen LogP contribution in [0.2, 0.25) is 0 Å². The van der Waals surface area contributed by atoms with Crippen LogP contribution in [0, 0.1) is 5.82 Å². The Morgan fingerprint density at radius 2 is 1.87 bits per heavy atom. The second kappa shape index (κ2) is 9.71. The third-order valence-electron chi connectivity index (χ3n) is 6.22. The zero-order valence-electron chi connectivity index (χ0n) is 20.6. The summed E-state index contributed by atoms with van der Waals surface area (Å²) in [5, 5.41) is 7.91. The minimum Gasteiger partial charge on any atom is -0.461 e. The number of fused-ring (bicyclic) bond motifs is 1. The molecule has 4 aromatic rings. The molecule has 1 aromatic heterocycles. The first kappa shape index (κ1) is 25.7. The maximum atomic E-state index is 13.4. The van der Waals surface area contributed by atoms with Crippen LogP contribution in [-0.2, 0) is 9.84 Å². The predicted molar refractivity (Wildman–Crippen MR) is 138 cm³/mol. The number of amides is 1. The molecule has 198 valence electrons. The Morgan fingerprint density at radius 1 is 1.11 bits per heavy atom. The summed E-state index contributed by atoms with van der Waals surface area (Å²) in [5.74, 6) is -0.165. The molecule has 0 bridgehead atoms. The number of nitrogens with zero attached hydrogens (tertiary/aromatic N) is 2. The van der Waals surface area contributed by atoms with Crippen LogP contribution in [0.25, 0.3) is 16.6 Å². The van der Waals surface area contributed by atoms with E-state index in [0.29, 0.717) is 34.5 Å². The van der Waals surface area contributed by atoms with Crippen molar-refractivity contribution in [1.82, 2.24) is 15.1 Å². The van der Waals surface area contributed by atoms with E-state index in [1.54, 1.807) is 54.1 Å². The molecule has 1 unspecified atom stereocenters. The van der Waals surface area contributed by atoms with Gasteiger partial charge in [0.1, 0.15) is 17.3 Å². The van der Waals surface area contributed by atoms with Gasteiger partial charge in [0, 0.05) is 18.6 Å². The Kier molecular flexibility index (Phi) is 6.56. The van der Waals surface area contributed by atoms with Crippen LogP contribution in [0.1, 0.15) is 30.6 Å². The first-order valence-corrected chi connectivity index (χ1v) is 13.7. The minimum atomic E-state index is -3.21. The largest absolute Gasteiger partial charge is 0.461 e. The summed E-state index contributed by atoms with van der Waals surface area (Å²) in [6, 6.07) is 17.0. The zero-order chi connectivity index (χ0) is 27.1. The molecule has 0 spiro atoms. The van der Waals surface area contributed by atoms with Gasteiger partial charge in [0.25, 0.3) is 5.91 Å². The lowest BCUT2D eigenvalue weighted by Gasteiger charge is -2.23. The van der Waals surface area contributed by atoms with E-state index in [2.05, 4.69) is 10.4 Å². The summed E-state index contributed by atoms with van der Waals surface area (Å²) < 4.78 is 63.5. The average Bonchev–Trinajstić information content (AvgIpc) is 3.35. The number of alkyl halides is 1. The maximum absolute atomic E-state index is 13.4. The van der Waals surface area contributed by atoms with Crippen molar-refractivity contribution in [2.45, 2.75) is 32.2 Å². The van der Waals surface area contributed by atoms with Crippen molar-refractivity contribution in [2.24, 2.45) is 0 Å². The Bertz CT molecular complexity index is 1620. The fourth-order valence-electron chi connectivity index (χ4n) is 4.45. The number of carbonyl (C=O) groups is 1. The van der Waals surface area contributed by atoms with Crippen molar-refractivity contribution >= 4 is 26.6 Å². The fourth-order valence-corrected chi connectivity index (χ4v) is 6.54. The summed E-state index contributed by atoms with van der Waals surface area (Å²) in [6.07, 6.45) is -1.18. The SMILES string of the molecule is CC(F)Oc1cccc(-n2nc(Oc3ccc(F)cc3)c3cc(C(=O)N[C@@]4(C)CCS(=O)(=O)C4)ccc32)c1. The van der Waals surface area contributed by atoms with E-state index in [1.165, 1.54) is 31.2 Å². The minimum absolute atomic E-state index is 0.0230. The number of ether oxygens (including phenoxy) is 2. The van der Waals surface area contributed by atoms with Crippen molar-refractivity contribution in [3.8, 4) is 23.1 Å². The molecule has 0 radical (unpaired) electrons. The lowest BCUT2D eigenvalue weighted by Crippen LogP contribution is -2.46. The van der Waals surface area contributed by atoms with Crippen molar-refractivity contribution in [3.05, 3.63) is 78.1 Å². The van der Waals surface area contributed by atoms with Crippen molar-refractivity contribution < 1.29 is 31.5 Å². The van der Waals surface area contributed by atoms with Crippen LogP contribution in [0.15, 0.2) is 66.7 Å². The highest BCUT2D eigenvalue weighted by atomic mass is 32.2. The van der Waals surface area contributed by atoms with E-state index < -0.39 is 33.5 Å². The van der Waals surface area contributed by atoms with Gasteiger partial charge >= 0.3 is 0 Å². The number of sulfone groups is 1. The van der Waals surface area contributed by atoms with Crippen LogP contribution in [0.3, 0.4) is 0 Å². The van der Waals surface area contributed by atoms with E-state index in [4.69, 9.17) is 9.47 Å². The molecule has 0 saturated carbocycles. The fraction of sp³-hybridized carbons (Fsp3) is 0.259. The Labute approximate surface area is 218 Å². The molecule has 1 aliphatic rings. The standard InChI is InChI=1S/C27H25F2N3O5S/c1-17(28)36-22-5-3-4-20(15-22)32-24-11-6-18(25(33)30-27(2)12-13-38(34,35)16-27)14-23(24)26(31-32)37-21-9-7-19(29)8-10-21/h3-11,14-15,17H,12-13,16H2,1-2H3,(H,30,33)/t17?,27-/m0/s1. The van der Waals surface area contributed by atoms with Crippen molar-refractivity contribution in [1.29, 1.82) is 0 Å². The lowest BCUT2D eigenvalue weighted by atomic mass is 10.0. The highest BCUT2D eigenvalue weighted by Crippen LogP contribution is 2.33. The number of rotatable bonds is 7. The van der Waals surface area contributed by atoms with Gasteiger partial charge in [-0.1, -0.05) is 6.07 Å². The zero-order valence-corrected chi connectivity index (χ0v) is 21.5. The molecule has 5 rings (SSSR count). The molecule has 1 fully saturated rings. The maximum Gasteiger partial charge on any atom is 0.251 e. The summed E-state index contributed by atoms with van der Waals surface area (Å²) in [6.45, 7) is 2.99. The van der Waals surface area contributed by atoms with Gasteiger partial charge in [-0.25, -0.2) is 21.9 Å². The second-order valence-corrected chi connectivity index (χ2v) is 11.7. The van der Waals surface area contributed by atoms with Gasteiger partial charge in [-0.3, -0.25) is 4.79 Å². The number of benzene rings is 3. The first-order chi connectivity index (χ1) is 18.0. The molecular weight excluding hydrogens is 516 g/mol. The lowest BCUT2D eigenvalue weighted by molar-refractivity contribution is 0.0859. The number of carbonyl (C=O) groups excluding carboxylic acids is 1. The van der Waals surface area contributed by atoms with Gasteiger partial charge in [0.2, 0.25) is 12.2 Å². The number of hydrogen-bond donors (Lipinski definition) is 1. The van der Waals surface area contributed by atoms with Crippen LogP contribution >= 0.6 is 0 Å². The Hall–Kier alpha value is -3.99. The molecule has 0 aliphatic carbocycles. The number of nitrogens with one attached hydrogen (secondary N) is 1. The Balaban J connectivity index is 1.55. The summed E-state index contributed by atoms with van der Waals surface area (Å²) in [5.41, 5.74) is 0.563. The molecule has 2 atom stereocenters. The third-order valence-corrected chi connectivity index (χ3v) is 8.12. The quantitative estimate of drug-likeness (QED) is 0.355. The topological polar surface area (TPSA) is 99.5 Å². The molecule has 1 aliphatic heterocycles. The van der Waals surface area contributed by atoms with Gasteiger partial charge in [-0.2, -0.15) is 0 Å². The molecule has 8 nitrogen and oxygen atoms in total. The number of halogens is 2. The van der Waals surface area contributed by atoms with Gasteiger partial charge in [0.05, 0.1) is 33.6 Å². The van der Waals surface area contributed by atoms with Crippen LogP contribution in [-0.4, -0.2) is 47.5 Å². The molecule has 1 amide bonds. The van der Waals surface area contributed by atoms with Crippen LogP contribution < -0.4 is 14.8 Å². The molecule has 38 heavy (non-hydrogen) atoms. The van der Waals surface area contributed by atoms with Crippen molar-refractivity contribution in [3.63, 3.8) is 0 Å². The summed E-state index contributed by atoms with van der Waals surface area (Å²) in [4.78, 5) is 13.1. The molecular formula is C27H25F2N3O5S. The second-order valence-electron chi connectivity index (χ2n) is 9.52. The van der Waals surface area contributed by atoms with E-state index >= 15 is 0 Å². The van der Waals surface area contributed by atoms with E-state index in [9.17, 15) is 22.0 Å². The molecule has 2 heterocycles. The normalized spacial score (nSPS) is 19.3.